The van der Waals surface area contributed by atoms with E-state index in [4.69, 9.17) is 9.84 Å². The number of ether oxygens (including phenoxy) is 1. The van der Waals surface area contributed by atoms with Crippen molar-refractivity contribution >= 4 is 21.8 Å². The SMILES string of the molecule is CCCc1cc(C)cc(CCC)c1-c1cnn(-c2[c-]c(Oc3[c-]c4c(cc3)c3ccccc3n4-c3cc(F)ccn3)ccc2)c1.[Pt+2]. The number of aryl methyl sites for hydroxylation is 3. The molecule has 232 valence electrons. The molecule has 5 nitrogen and oxygen atoms in total. The van der Waals surface area contributed by atoms with Gasteiger partial charge in [-0.25, -0.2) is 9.37 Å². The number of fused-ring (bicyclic) bond motifs is 3. The molecule has 0 saturated heterocycles. The fourth-order valence-electron chi connectivity index (χ4n) is 6.26. The predicted octanol–water partition coefficient (Wildman–Crippen LogP) is 9.77. The second kappa shape index (κ2) is 13.4. The maximum Gasteiger partial charge on any atom is 2.00 e. The van der Waals surface area contributed by atoms with E-state index in [0.29, 0.717) is 17.3 Å². The zero-order valence-corrected chi connectivity index (χ0v) is 28.2. The van der Waals surface area contributed by atoms with Crippen LogP contribution in [0, 0.1) is 24.9 Å². The molecule has 7 aromatic rings. The van der Waals surface area contributed by atoms with Crippen molar-refractivity contribution in [3.8, 4) is 34.1 Å². The molecule has 0 saturated carbocycles. The summed E-state index contributed by atoms with van der Waals surface area (Å²) in [6.07, 6.45) is 9.75. The van der Waals surface area contributed by atoms with Crippen molar-refractivity contribution in [2.75, 3.05) is 0 Å². The molecule has 0 N–H and O–H groups in total. The molecule has 0 radical (unpaired) electrons. The van der Waals surface area contributed by atoms with Gasteiger partial charge < -0.3 is 9.30 Å². The van der Waals surface area contributed by atoms with E-state index in [2.05, 4.69) is 56.2 Å². The van der Waals surface area contributed by atoms with Crippen LogP contribution in [0.3, 0.4) is 0 Å². The zero-order valence-electron chi connectivity index (χ0n) is 26.0. The number of benzene rings is 4. The first kappa shape index (κ1) is 31.4. The maximum absolute atomic E-state index is 14.2. The van der Waals surface area contributed by atoms with Crippen LogP contribution >= 0.6 is 0 Å². The molecule has 0 fully saturated rings. The normalized spacial score (nSPS) is 11.2. The van der Waals surface area contributed by atoms with E-state index in [1.165, 1.54) is 40.6 Å². The summed E-state index contributed by atoms with van der Waals surface area (Å²) in [6.45, 7) is 6.63. The van der Waals surface area contributed by atoms with Crippen molar-refractivity contribution in [3.63, 3.8) is 0 Å². The largest absolute Gasteiger partial charge is 2.00 e. The van der Waals surface area contributed by atoms with E-state index < -0.39 is 0 Å². The quantitative estimate of drug-likeness (QED) is 0.137. The minimum atomic E-state index is -0.350. The summed E-state index contributed by atoms with van der Waals surface area (Å²) in [5.41, 5.74) is 8.91. The molecule has 0 spiro atoms. The molecule has 0 atom stereocenters. The van der Waals surface area contributed by atoms with Crippen molar-refractivity contribution in [1.82, 2.24) is 19.3 Å². The molecule has 0 aliphatic heterocycles. The van der Waals surface area contributed by atoms with Crippen LogP contribution in [0.15, 0.2) is 97.5 Å². The number of aromatic nitrogens is 4. The monoisotopic (exact) mass is 787 g/mol. The molecule has 0 bridgehead atoms. The Labute approximate surface area is 282 Å². The van der Waals surface area contributed by atoms with Crippen molar-refractivity contribution in [2.45, 2.75) is 46.5 Å². The molecule has 0 unspecified atom stereocenters. The Morgan fingerprint density at radius 3 is 2.35 bits per heavy atom. The van der Waals surface area contributed by atoms with Crippen LogP contribution in [-0.2, 0) is 33.9 Å². The minimum Gasteiger partial charge on any atom is -0.509 e. The zero-order chi connectivity index (χ0) is 30.9. The van der Waals surface area contributed by atoms with Gasteiger partial charge in [-0.2, -0.15) is 17.2 Å². The Morgan fingerprint density at radius 1 is 0.826 bits per heavy atom. The van der Waals surface area contributed by atoms with E-state index in [0.717, 1.165) is 58.7 Å². The van der Waals surface area contributed by atoms with Crippen LogP contribution in [0.1, 0.15) is 43.4 Å². The number of halogens is 1. The molecule has 7 heteroatoms. The average Bonchev–Trinajstić information content (AvgIpc) is 3.64. The van der Waals surface area contributed by atoms with Crippen molar-refractivity contribution in [3.05, 3.63) is 132 Å². The summed E-state index contributed by atoms with van der Waals surface area (Å²) in [5, 5.41) is 6.74. The van der Waals surface area contributed by atoms with E-state index in [1.54, 1.807) is 0 Å². The van der Waals surface area contributed by atoms with Gasteiger partial charge in [0, 0.05) is 41.0 Å². The number of hydrogen-bond acceptors (Lipinski definition) is 3. The fraction of sp³-hybridized carbons (Fsp3) is 0.179. The van der Waals surface area contributed by atoms with Gasteiger partial charge in [0.15, 0.2) is 0 Å². The van der Waals surface area contributed by atoms with Crippen molar-refractivity contribution in [1.29, 1.82) is 0 Å². The molecular formula is C39H33FN4OPt. The van der Waals surface area contributed by atoms with Gasteiger partial charge in [-0.15, -0.1) is 35.7 Å². The summed E-state index contributed by atoms with van der Waals surface area (Å²) < 4.78 is 24.3. The van der Waals surface area contributed by atoms with Crippen LogP contribution in [0.25, 0.3) is 44.4 Å². The van der Waals surface area contributed by atoms with Gasteiger partial charge in [-0.3, -0.25) is 4.68 Å². The molecule has 3 heterocycles. The van der Waals surface area contributed by atoms with E-state index >= 15 is 0 Å². The summed E-state index contributed by atoms with van der Waals surface area (Å²) in [4.78, 5) is 4.45. The molecule has 0 aliphatic carbocycles. The van der Waals surface area contributed by atoms with E-state index in [-0.39, 0.29) is 26.9 Å². The maximum atomic E-state index is 14.2. The van der Waals surface area contributed by atoms with Crippen molar-refractivity contribution < 1.29 is 30.2 Å². The second-order valence-electron chi connectivity index (χ2n) is 11.4. The first-order chi connectivity index (χ1) is 22.0. The Morgan fingerprint density at radius 2 is 1.59 bits per heavy atom. The third-order valence-electron chi connectivity index (χ3n) is 8.07. The third kappa shape index (κ3) is 6.02. The van der Waals surface area contributed by atoms with Gasteiger partial charge in [0.2, 0.25) is 0 Å². The summed E-state index contributed by atoms with van der Waals surface area (Å²) in [6, 6.07) is 31.9. The molecule has 46 heavy (non-hydrogen) atoms. The smallest absolute Gasteiger partial charge is 0.509 e. The van der Waals surface area contributed by atoms with Gasteiger partial charge >= 0.3 is 21.1 Å². The summed E-state index contributed by atoms with van der Waals surface area (Å²) in [5.74, 6) is 1.19. The molecule has 7 rings (SSSR count). The minimum absolute atomic E-state index is 0. The number of pyridine rings is 1. The topological polar surface area (TPSA) is 44.9 Å². The number of para-hydroxylation sites is 1. The Kier molecular flexibility index (Phi) is 9.19. The van der Waals surface area contributed by atoms with E-state index in [1.807, 2.05) is 70.0 Å². The number of rotatable bonds is 9. The summed E-state index contributed by atoms with van der Waals surface area (Å²) >= 11 is 0. The molecule has 3 aromatic heterocycles. The third-order valence-corrected chi connectivity index (χ3v) is 8.07. The number of hydrogen-bond donors (Lipinski definition) is 0. The van der Waals surface area contributed by atoms with Crippen LogP contribution < -0.4 is 4.74 Å². The molecule has 0 amide bonds. The van der Waals surface area contributed by atoms with Crippen LogP contribution in [0.2, 0.25) is 0 Å². The van der Waals surface area contributed by atoms with Gasteiger partial charge in [0.05, 0.1) is 6.20 Å². The molecular weight excluding hydrogens is 755 g/mol. The molecule has 4 aromatic carbocycles. The standard InChI is InChI=1S/C39H33FN4O.Pt/c1-4-9-27-19-26(3)20-28(10-5-2)39(27)29-24-42-43(25-29)31-11-8-12-32(22-31)45-33-15-16-35-34-13-6-7-14-36(34)44(37(35)23-33)38-21-30(40)17-18-41-38;/h6-8,11-21,24-25H,4-5,9-10H2,1-3H3;/q-2;+2. The predicted molar refractivity (Wildman–Crippen MR) is 178 cm³/mol. The van der Waals surface area contributed by atoms with Gasteiger partial charge in [0.25, 0.3) is 0 Å². The van der Waals surface area contributed by atoms with Crippen LogP contribution in [0.5, 0.6) is 11.5 Å². The first-order valence-corrected chi connectivity index (χ1v) is 15.5. The van der Waals surface area contributed by atoms with Crippen LogP contribution in [-0.4, -0.2) is 19.3 Å². The van der Waals surface area contributed by atoms with Gasteiger partial charge in [-0.05, 0) is 59.7 Å². The number of nitrogens with zero attached hydrogens (tertiary/aromatic N) is 4. The van der Waals surface area contributed by atoms with Gasteiger partial charge in [-0.1, -0.05) is 68.1 Å². The Bertz CT molecular complexity index is 2140. The molecule has 0 aliphatic rings. The van der Waals surface area contributed by atoms with E-state index in [9.17, 15) is 4.39 Å². The fourth-order valence-corrected chi connectivity index (χ4v) is 6.26. The van der Waals surface area contributed by atoms with Crippen molar-refractivity contribution in [2.24, 2.45) is 0 Å². The summed E-state index contributed by atoms with van der Waals surface area (Å²) in [7, 11) is 0. The Hall–Kier alpha value is -4.54. The van der Waals surface area contributed by atoms with Crippen LogP contribution in [0.4, 0.5) is 4.39 Å². The van der Waals surface area contributed by atoms with Gasteiger partial charge in [0.1, 0.15) is 11.6 Å². The average molecular weight is 788 g/mol. The second-order valence-corrected chi connectivity index (χ2v) is 11.4. The first-order valence-electron chi connectivity index (χ1n) is 15.5. The Balaban J connectivity index is 0.00000372.